The van der Waals surface area contributed by atoms with E-state index >= 15 is 0 Å². The highest BCUT2D eigenvalue weighted by Crippen LogP contribution is 2.26. The number of hydrogen-bond donors (Lipinski definition) is 0. The molecule has 0 radical (unpaired) electrons. The van der Waals surface area contributed by atoms with Crippen LogP contribution in [0.3, 0.4) is 0 Å². The van der Waals surface area contributed by atoms with E-state index in [1.165, 1.54) is 4.31 Å². The number of hydrogen-bond acceptors (Lipinski definition) is 4. The number of piperazine rings is 1. The predicted octanol–water partition coefficient (Wildman–Crippen LogP) is 3.32. The van der Waals surface area contributed by atoms with Crippen LogP contribution >= 0.6 is 0 Å². The number of sulfonamides is 1. The van der Waals surface area contributed by atoms with Gasteiger partial charge in [-0.15, -0.1) is 0 Å². The van der Waals surface area contributed by atoms with Gasteiger partial charge < -0.3 is 4.90 Å². The van der Waals surface area contributed by atoms with Gasteiger partial charge in [0, 0.05) is 37.1 Å². The lowest BCUT2D eigenvalue weighted by Gasteiger charge is -2.34. The first-order chi connectivity index (χ1) is 14.4. The summed E-state index contributed by atoms with van der Waals surface area (Å²) in [6.45, 7) is 5.10. The topological polar surface area (TPSA) is 70.6 Å². The predicted molar refractivity (Wildman–Crippen MR) is 119 cm³/mol. The highest BCUT2D eigenvalue weighted by molar-refractivity contribution is 7.89. The van der Waals surface area contributed by atoms with Crippen molar-refractivity contribution in [3.05, 3.63) is 65.7 Å². The average Bonchev–Trinajstić information content (AvgIpc) is 2.78. The molecule has 1 fully saturated rings. The second-order valence-electron chi connectivity index (χ2n) is 7.53. The Hall–Kier alpha value is -2.77. The number of benzene rings is 2. The molecule has 3 aromatic rings. The molecular formula is C23H25N3O3S. The van der Waals surface area contributed by atoms with Crippen LogP contribution in [0.4, 0.5) is 0 Å². The number of fused-ring (bicyclic) bond motifs is 1. The van der Waals surface area contributed by atoms with Crippen LogP contribution < -0.4 is 0 Å². The van der Waals surface area contributed by atoms with Gasteiger partial charge in [0.2, 0.25) is 10.0 Å². The zero-order valence-electron chi connectivity index (χ0n) is 17.2. The van der Waals surface area contributed by atoms with Crippen LogP contribution in [-0.2, 0) is 10.0 Å². The Balaban J connectivity index is 1.68. The summed E-state index contributed by atoms with van der Waals surface area (Å²) < 4.78 is 25.7. The van der Waals surface area contributed by atoms with E-state index in [-0.39, 0.29) is 11.7 Å². The van der Waals surface area contributed by atoms with Crippen molar-refractivity contribution in [2.45, 2.75) is 13.8 Å². The van der Waals surface area contributed by atoms with Gasteiger partial charge in [0.25, 0.3) is 5.91 Å². The average molecular weight is 424 g/mol. The number of aromatic nitrogens is 1. The number of amides is 1. The van der Waals surface area contributed by atoms with Crippen molar-refractivity contribution < 1.29 is 13.2 Å². The monoisotopic (exact) mass is 423 g/mol. The lowest BCUT2D eigenvalue weighted by atomic mass is 10.0. The van der Waals surface area contributed by atoms with E-state index in [0.29, 0.717) is 31.7 Å². The molecule has 30 heavy (non-hydrogen) atoms. The van der Waals surface area contributed by atoms with Gasteiger partial charge in [-0.2, -0.15) is 4.31 Å². The number of pyridine rings is 1. The van der Waals surface area contributed by atoms with E-state index in [2.05, 4.69) is 0 Å². The van der Waals surface area contributed by atoms with E-state index in [1.54, 1.807) is 11.8 Å². The van der Waals surface area contributed by atoms with Crippen molar-refractivity contribution in [2.75, 3.05) is 31.9 Å². The molecule has 1 aliphatic rings. The maximum atomic E-state index is 13.4. The Labute approximate surface area is 177 Å². The van der Waals surface area contributed by atoms with Crippen LogP contribution in [-0.4, -0.2) is 60.4 Å². The van der Waals surface area contributed by atoms with Crippen molar-refractivity contribution in [1.29, 1.82) is 0 Å². The maximum absolute atomic E-state index is 13.4. The van der Waals surface area contributed by atoms with Crippen LogP contribution in [0.2, 0.25) is 0 Å². The van der Waals surface area contributed by atoms with Crippen LogP contribution in [0.1, 0.15) is 22.8 Å². The fourth-order valence-electron chi connectivity index (χ4n) is 3.75. The van der Waals surface area contributed by atoms with Crippen molar-refractivity contribution in [2.24, 2.45) is 0 Å². The van der Waals surface area contributed by atoms with Crippen molar-refractivity contribution in [1.82, 2.24) is 14.2 Å². The molecule has 0 bridgehead atoms. The zero-order valence-corrected chi connectivity index (χ0v) is 18.0. The van der Waals surface area contributed by atoms with Gasteiger partial charge in [-0.25, -0.2) is 13.4 Å². The van der Waals surface area contributed by atoms with E-state index in [9.17, 15) is 13.2 Å². The summed E-state index contributed by atoms with van der Waals surface area (Å²) in [5, 5.41) is 0.807. The van der Waals surface area contributed by atoms with E-state index in [1.807, 2.05) is 61.5 Å². The van der Waals surface area contributed by atoms with Crippen molar-refractivity contribution in [3.63, 3.8) is 0 Å². The van der Waals surface area contributed by atoms with Gasteiger partial charge in [0.15, 0.2) is 0 Å². The van der Waals surface area contributed by atoms with Crippen molar-refractivity contribution >= 4 is 26.8 Å². The molecule has 0 unspecified atom stereocenters. The number of rotatable bonds is 4. The SMILES string of the molecule is CCS(=O)(=O)N1CCN(C(=O)c2cc(-c3ccc(C)cc3)nc3ccccc23)CC1. The van der Waals surface area contributed by atoms with Gasteiger partial charge in [-0.05, 0) is 26.0 Å². The molecule has 2 heterocycles. The van der Waals surface area contributed by atoms with Crippen molar-refractivity contribution in [3.8, 4) is 11.3 Å². The number of carbonyl (C=O) groups is 1. The Morgan fingerprint density at radius 3 is 2.33 bits per heavy atom. The summed E-state index contributed by atoms with van der Waals surface area (Å²) in [5.41, 5.74) is 4.24. The minimum Gasteiger partial charge on any atom is -0.336 e. The first-order valence-corrected chi connectivity index (χ1v) is 11.7. The Bertz CT molecular complexity index is 1180. The maximum Gasteiger partial charge on any atom is 0.254 e. The molecule has 1 saturated heterocycles. The Kier molecular flexibility index (Phi) is 5.58. The molecule has 6 nitrogen and oxygen atoms in total. The Morgan fingerprint density at radius 2 is 1.67 bits per heavy atom. The molecule has 1 aliphatic heterocycles. The first kappa shape index (κ1) is 20.5. The largest absolute Gasteiger partial charge is 0.336 e. The summed E-state index contributed by atoms with van der Waals surface area (Å²) >= 11 is 0. The summed E-state index contributed by atoms with van der Waals surface area (Å²) in [4.78, 5) is 19.9. The second kappa shape index (κ2) is 8.16. The summed E-state index contributed by atoms with van der Waals surface area (Å²) in [6, 6.07) is 17.6. The van der Waals surface area contributed by atoms with E-state index in [0.717, 1.165) is 27.7 Å². The molecule has 156 valence electrons. The van der Waals surface area contributed by atoms with Gasteiger partial charge >= 0.3 is 0 Å². The third-order valence-electron chi connectivity index (χ3n) is 5.58. The van der Waals surface area contributed by atoms with Crippen LogP contribution in [0.15, 0.2) is 54.6 Å². The minimum atomic E-state index is -3.23. The molecule has 0 spiro atoms. The van der Waals surface area contributed by atoms with Gasteiger partial charge in [0.05, 0.1) is 22.5 Å². The third kappa shape index (κ3) is 3.95. The molecular weight excluding hydrogens is 398 g/mol. The lowest BCUT2D eigenvalue weighted by Crippen LogP contribution is -2.50. The highest BCUT2D eigenvalue weighted by atomic mass is 32.2. The van der Waals surface area contributed by atoms with Crippen LogP contribution in [0.25, 0.3) is 22.2 Å². The van der Waals surface area contributed by atoms with Gasteiger partial charge in [-0.1, -0.05) is 48.0 Å². The molecule has 0 aliphatic carbocycles. The normalized spacial score (nSPS) is 15.5. The summed E-state index contributed by atoms with van der Waals surface area (Å²) in [5.74, 6) is -0.00828. The molecule has 4 rings (SSSR count). The zero-order chi connectivity index (χ0) is 21.3. The molecule has 0 saturated carbocycles. The number of carbonyl (C=O) groups excluding carboxylic acids is 1. The lowest BCUT2D eigenvalue weighted by molar-refractivity contribution is 0.0700. The first-order valence-electron chi connectivity index (χ1n) is 10.1. The molecule has 2 aromatic carbocycles. The van der Waals surface area contributed by atoms with Gasteiger partial charge in [0.1, 0.15) is 0 Å². The fourth-order valence-corrected chi connectivity index (χ4v) is 4.83. The molecule has 0 N–H and O–H groups in total. The smallest absolute Gasteiger partial charge is 0.254 e. The van der Waals surface area contributed by atoms with E-state index in [4.69, 9.17) is 4.98 Å². The summed E-state index contributed by atoms with van der Waals surface area (Å²) in [6.07, 6.45) is 0. The molecule has 0 atom stereocenters. The highest BCUT2D eigenvalue weighted by Gasteiger charge is 2.29. The molecule has 7 heteroatoms. The fraction of sp³-hybridized carbons (Fsp3) is 0.304. The number of aryl methyl sites for hydroxylation is 1. The third-order valence-corrected chi connectivity index (χ3v) is 7.46. The number of para-hydroxylation sites is 1. The van der Waals surface area contributed by atoms with Crippen LogP contribution in [0.5, 0.6) is 0 Å². The number of nitrogens with zero attached hydrogens (tertiary/aromatic N) is 3. The minimum absolute atomic E-state index is 0.0792. The molecule has 1 aromatic heterocycles. The standard InChI is InChI=1S/C23H25N3O3S/c1-3-30(28,29)26-14-12-25(13-15-26)23(27)20-16-22(18-10-8-17(2)9-11-18)24-21-7-5-4-6-19(20)21/h4-11,16H,3,12-15H2,1-2H3. The van der Waals surface area contributed by atoms with E-state index < -0.39 is 10.0 Å². The van der Waals surface area contributed by atoms with Gasteiger partial charge in [-0.3, -0.25) is 4.79 Å². The second-order valence-corrected chi connectivity index (χ2v) is 9.79. The quantitative estimate of drug-likeness (QED) is 0.645. The summed E-state index contributed by atoms with van der Waals surface area (Å²) in [7, 11) is -3.23. The molecule has 1 amide bonds. The van der Waals surface area contributed by atoms with Crippen LogP contribution in [0, 0.1) is 6.92 Å². The Morgan fingerprint density at radius 1 is 1.00 bits per heavy atom.